The van der Waals surface area contributed by atoms with Gasteiger partial charge in [-0.2, -0.15) is 4.31 Å². The lowest BCUT2D eigenvalue weighted by Crippen LogP contribution is -2.44. The predicted molar refractivity (Wildman–Crippen MR) is 125 cm³/mol. The standard InChI is InChI=1S/C23H28Cl2N2O3S/c1-16(2)15-21(17-7-4-3-5-8-17)26-23(28)18-11-13-27(14-12-18)31(29,30)22-19(24)9-6-10-20(22)25/h3-10,16,18,21H,11-15H2,1-2H3,(H,26,28). The second-order valence-corrected chi connectivity index (χ2v) is 11.0. The van der Waals surface area contributed by atoms with Crippen molar-refractivity contribution in [1.82, 2.24) is 9.62 Å². The van der Waals surface area contributed by atoms with E-state index in [0.717, 1.165) is 12.0 Å². The maximum absolute atomic E-state index is 13.0. The number of benzene rings is 2. The predicted octanol–water partition coefficient (Wildman–Crippen LogP) is 5.30. The van der Waals surface area contributed by atoms with Gasteiger partial charge < -0.3 is 5.32 Å². The summed E-state index contributed by atoms with van der Waals surface area (Å²) in [6.45, 7) is 4.76. The third-order valence-electron chi connectivity index (χ3n) is 5.57. The van der Waals surface area contributed by atoms with E-state index >= 15 is 0 Å². The van der Waals surface area contributed by atoms with E-state index in [2.05, 4.69) is 19.2 Å². The van der Waals surface area contributed by atoms with Gasteiger partial charge in [-0.05, 0) is 42.9 Å². The van der Waals surface area contributed by atoms with Crippen molar-refractivity contribution >= 4 is 39.1 Å². The Kier molecular flexibility index (Phi) is 8.03. The molecule has 0 saturated carbocycles. The summed E-state index contributed by atoms with van der Waals surface area (Å²) in [7, 11) is -3.82. The molecule has 0 aromatic heterocycles. The van der Waals surface area contributed by atoms with E-state index in [-0.39, 0.29) is 45.9 Å². The minimum absolute atomic E-state index is 0.0256. The van der Waals surface area contributed by atoms with Gasteiger partial charge >= 0.3 is 0 Å². The highest BCUT2D eigenvalue weighted by Crippen LogP contribution is 2.33. The van der Waals surface area contributed by atoms with Gasteiger partial charge in [0.2, 0.25) is 15.9 Å². The number of piperidine rings is 1. The Balaban J connectivity index is 1.66. The molecule has 3 rings (SSSR count). The lowest BCUT2D eigenvalue weighted by Gasteiger charge is -2.32. The normalized spacial score (nSPS) is 16.9. The van der Waals surface area contributed by atoms with Crippen LogP contribution in [0, 0.1) is 11.8 Å². The molecule has 5 nitrogen and oxygen atoms in total. The fourth-order valence-corrected chi connectivity index (χ4v) is 6.50. The van der Waals surface area contributed by atoms with E-state index in [1.807, 2.05) is 30.3 Å². The van der Waals surface area contributed by atoms with Gasteiger partial charge in [-0.3, -0.25) is 4.79 Å². The van der Waals surface area contributed by atoms with Crippen molar-refractivity contribution in [1.29, 1.82) is 0 Å². The molecule has 0 radical (unpaired) electrons. The number of halogens is 2. The van der Waals surface area contributed by atoms with Gasteiger partial charge in [-0.15, -0.1) is 0 Å². The van der Waals surface area contributed by atoms with Crippen LogP contribution in [0.4, 0.5) is 0 Å². The van der Waals surface area contributed by atoms with Gasteiger partial charge in [0.05, 0.1) is 16.1 Å². The fourth-order valence-electron chi connectivity index (χ4n) is 3.94. The van der Waals surface area contributed by atoms with Crippen LogP contribution in [0.5, 0.6) is 0 Å². The van der Waals surface area contributed by atoms with Gasteiger partial charge in [0.25, 0.3) is 0 Å². The van der Waals surface area contributed by atoms with Crippen molar-refractivity contribution in [2.75, 3.05) is 13.1 Å². The van der Waals surface area contributed by atoms with Crippen molar-refractivity contribution in [3.63, 3.8) is 0 Å². The van der Waals surface area contributed by atoms with E-state index in [0.29, 0.717) is 18.8 Å². The Bertz CT molecular complexity index is 984. The molecule has 8 heteroatoms. The maximum atomic E-state index is 13.0. The first-order valence-electron chi connectivity index (χ1n) is 10.5. The second-order valence-electron chi connectivity index (χ2n) is 8.33. The monoisotopic (exact) mass is 482 g/mol. The van der Waals surface area contributed by atoms with E-state index in [1.165, 1.54) is 16.4 Å². The smallest absolute Gasteiger partial charge is 0.246 e. The lowest BCUT2D eigenvalue weighted by atomic mass is 9.93. The summed E-state index contributed by atoms with van der Waals surface area (Å²) in [6, 6.07) is 14.5. The quantitative estimate of drug-likeness (QED) is 0.582. The van der Waals surface area contributed by atoms with Crippen LogP contribution in [-0.2, 0) is 14.8 Å². The van der Waals surface area contributed by atoms with E-state index < -0.39 is 10.0 Å². The summed E-state index contributed by atoms with van der Waals surface area (Å²) in [5.41, 5.74) is 1.08. The third-order valence-corrected chi connectivity index (χ3v) is 8.42. The molecule has 1 saturated heterocycles. The minimum Gasteiger partial charge on any atom is -0.349 e. The highest BCUT2D eigenvalue weighted by Gasteiger charge is 2.35. The number of carbonyl (C=O) groups excluding carboxylic acids is 1. The van der Waals surface area contributed by atoms with Gasteiger partial charge in [-0.1, -0.05) is 73.4 Å². The van der Waals surface area contributed by atoms with Gasteiger partial charge in [0, 0.05) is 19.0 Å². The zero-order valence-corrected chi connectivity index (χ0v) is 20.1. The molecule has 2 aromatic rings. The highest BCUT2D eigenvalue weighted by molar-refractivity contribution is 7.89. The molecule has 0 spiro atoms. The summed E-state index contributed by atoms with van der Waals surface area (Å²) < 4.78 is 27.5. The molecule has 168 valence electrons. The Morgan fingerprint density at radius 3 is 2.16 bits per heavy atom. The maximum Gasteiger partial charge on any atom is 0.246 e. The number of amides is 1. The largest absolute Gasteiger partial charge is 0.349 e. The first kappa shape index (κ1) is 24.1. The second kappa shape index (κ2) is 10.3. The number of nitrogens with one attached hydrogen (secondary N) is 1. The Morgan fingerprint density at radius 1 is 1.03 bits per heavy atom. The fraction of sp³-hybridized carbons (Fsp3) is 0.435. The molecular weight excluding hydrogens is 455 g/mol. The number of hydrogen-bond acceptors (Lipinski definition) is 3. The van der Waals surface area contributed by atoms with Crippen LogP contribution in [0.25, 0.3) is 0 Å². The molecule has 0 aliphatic carbocycles. The molecular formula is C23H28Cl2N2O3S. The van der Waals surface area contributed by atoms with Crippen LogP contribution in [0.3, 0.4) is 0 Å². The molecule has 2 aromatic carbocycles. The Hall–Kier alpha value is -1.60. The van der Waals surface area contributed by atoms with Crippen LogP contribution < -0.4 is 5.32 Å². The molecule has 1 heterocycles. The van der Waals surface area contributed by atoms with Crippen LogP contribution >= 0.6 is 23.2 Å². The molecule has 1 unspecified atom stereocenters. The average molecular weight is 483 g/mol. The van der Waals surface area contributed by atoms with Crippen molar-refractivity contribution in [3.8, 4) is 0 Å². The van der Waals surface area contributed by atoms with Crippen molar-refractivity contribution < 1.29 is 13.2 Å². The van der Waals surface area contributed by atoms with E-state index in [4.69, 9.17) is 23.2 Å². The van der Waals surface area contributed by atoms with E-state index in [9.17, 15) is 13.2 Å². The molecule has 31 heavy (non-hydrogen) atoms. The SMILES string of the molecule is CC(C)CC(NC(=O)C1CCN(S(=O)(=O)c2c(Cl)cccc2Cl)CC1)c1ccccc1. The van der Waals surface area contributed by atoms with Crippen LogP contribution in [-0.4, -0.2) is 31.7 Å². The van der Waals surface area contributed by atoms with Crippen molar-refractivity contribution in [2.45, 2.75) is 44.0 Å². The van der Waals surface area contributed by atoms with Crippen molar-refractivity contribution in [3.05, 3.63) is 64.1 Å². The molecule has 1 N–H and O–H groups in total. The summed E-state index contributed by atoms with van der Waals surface area (Å²) in [5.74, 6) is 0.173. The van der Waals surface area contributed by atoms with Crippen LogP contribution in [0.2, 0.25) is 10.0 Å². The summed E-state index contributed by atoms with van der Waals surface area (Å²) in [4.78, 5) is 12.9. The lowest BCUT2D eigenvalue weighted by molar-refractivity contribution is -0.127. The highest BCUT2D eigenvalue weighted by atomic mass is 35.5. The number of hydrogen-bond donors (Lipinski definition) is 1. The zero-order valence-electron chi connectivity index (χ0n) is 17.7. The first-order valence-corrected chi connectivity index (χ1v) is 12.7. The summed E-state index contributed by atoms with van der Waals surface area (Å²) in [5, 5.41) is 3.40. The number of nitrogens with zero attached hydrogens (tertiary/aromatic N) is 1. The van der Waals surface area contributed by atoms with Crippen molar-refractivity contribution in [2.24, 2.45) is 11.8 Å². The summed E-state index contributed by atoms with van der Waals surface area (Å²) in [6.07, 6.45) is 1.75. The topological polar surface area (TPSA) is 66.5 Å². The zero-order chi connectivity index (χ0) is 22.6. The molecule has 1 amide bonds. The molecule has 1 atom stereocenters. The van der Waals surface area contributed by atoms with Gasteiger partial charge in [0.15, 0.2) is 0 Å². The number of carbonyl (C=O) groups is 1. The Morgan fingerprint density at radius 2 is 1.61 bits per heavy atom. The van der Waals surface area contributed by atoms with Crippen LogP contribution in [0.1, 0.15) is 44.7 Å². The third kappa shape index (κ3) is 5.80. The molecule has 0 bridgehead atoms. The first-order chi connectivity index (χ1) is 14.7. The van der Waals surface area contributed by atoms with Gasteiger partial charge in [0.1, 0.15) is 4.90 Å². The number of rotatable bonds is 7. The molecule has 1 fully saturated rings. The van der Waals surface area contributed by atoms with Crippen LogP contribution in [0.15, 0.2) is 53.4 Å². The minimum atomic E-state index is -3.82. The van der Waals surface area contributed by atoms with E-state index in [1.54, 1.807) is 6.07 Å². The molecule has 1 aliphatic rings. The summed E-state index contributed by atoms with van der Waals surface area (Å²) >= 11 is 12.2. The number of sulfonamides is 1. The molecule has 1 aliphatic heterocycles. The van der Waals surface area contributed by atoms with Gasteiger partial charge in [-0.25, -0.2) is 8.42 Å². The average Bonchev–Trinajstić information content (AvgIpc) is 2.73. The Labute approximate surface area is 194 Å².